The number of morpholine rings is 1. The van der Waals surface area contributed by atoms with Gasteiger partial charge in [0.15, 0.2) is 11.5 Å². The normalized spacial score (nSPS) is 18.2. The van der Waals surface area contributed by atoms with Crippen molar-refractivity contribution in [2.24, 2.45) is 4.99 Å². The van der Waals surface area contributed by atoms with Gasteiger partial charge < -0.3 is 35.5 Å². The molecule has 1 atom stereocenters. The van der Waals surface area contributed by atoms with Crippen LogP contribution < -0.4 is 36.4 Å². The van der Waals surface area contributed by atoms with Gasteiger partial charge in [-0.3, -0.25) is 9.69 Å². The van der Waals surface area contributed by atoms with Crippen LogP contribution in [0.5, 0.6) is 11.5 Å². The third-order valence-electron chi connectivity index (χ3n) is 6.21. The molecule has 4 N–H and O–H groups in total. The summed E-state index contributed by atoms with van der Waals surface area (Å²) < 4.78 is 17.2. The van der Waals surface area contributed by atoms with Crippen LogP contribution in [0.25, 0.3) is 5.82 Å². The minimum Gasteiger partial charge on any atom is -0.491 e. The maximum absolute atomic E-state index is 12.8. The lowest BCUT2D eigenvalue weighted by Gasteiger charge is -2.30. The molecule has 37 heavy (non-hydrogen) atoms. The van der Waals surface area contributed by atoms with Gasteiger partial charge in [-0.25, -0.2) is 15.0 Å². The Hall–Kier alpha value is -3.06. The van der Waals surface area contributed by atoms with Gasteiger partial charge in [-0.1, -0.05) is 0 Å². The standard InChI is InChI=1S/C23H30N8O4.2ClH/c1-33-19-17(35-10-2-6-30-8-11-34-12-9-30)4-3-16-18(19)28-23(31-7-5-25-20(16)31)29-21(32)15-13-26-22(24)27-14-15;;/h3-4,13-14,23,25H,2,5-12H2,1H3,(H,29,32)(H2,24,26,27);2*1H. The summed E-state index contributed by atoms with van der Waals surface area (Å²) in [6.45, 7) is 6.44. The van der Waals surface area contributed by atoms with Gasteiger partial charge in [0, 0.05) is 50.3 Å². The highest BCUT2D eigenvalue weighted by Gasteiger charge is 2.31. The van der Waals surface area contributed by atoms with Crippen molar-refractivity contribution in [1.82, 2.24) is 30.4 Å². The average molecular weight is 555 g/mol. The van der Waals surface area contributed by atoms with Crippen LogP contribution in [-0.2, 0) is 4.74 Å². The fraction of sp³-hybridized carbons (Fsp3) is 0.478. The van der Waals surface area contributed by atoms with Crippen LogP contribution in [0.4, 0.5) is 5.95 Å². The molecule has 1 aromatic heterocycles. The molecular weight excluding hydrogens is 523 g/mol. The largest absolute Gasteiger partial charge is 0.491 e. The smallest absolute Gasteiger partial charge is 0.257 e. The summed E-state index contributed by atoms with van der Waals surface area (Å²) >= 11 is 0. The van der Waals surface area contributed by atoms with E-state index in [0.29, 0.717) is 35.6 Å². The molecule has 2 fully saturated rings. The molecule has 3 aliphatic rings. The molecule has 0 bridgehead atoms. The first-order chi connectivity index (χ1) is 17.1. The molecule has 0 radical (unpaired) electrons. The number of hydrogen-bond acceptors (Lipinski definition) is 11. The molecular formula is C23H32Cl2N8O4. The summed E-state index contributed by atoms with van der Waals surface area (Å²) in [6, 6.07) is 3.89. The van der Waals surface area contributed by atoms with Crippen LogP contribution in [0.3, 0.4) is 0 Å². The van der Waals surface area contributed by atoms with Gasteiger partial charge >= 0.3 is 0 Å². The predicted molar refractivity (Wildman–Crippen MR) is 141 cm³/mol. The highest BCUT2D eigenvalue weighted by atomic mass is 35.5. The Bertz CT molecular complexity index is 1190. The van der Waals surface area contributed by atoms with E-state index in [1.807, 2.05) is 17.0 Å². The van der Waals surface area contributed by atoms with E-state index in [4.69, 9.17) is 24.9 Å². The molecule has 1 aromatic carbocycles. The summed E-state index contributed by atoms with van der Waals surface area (Å²) in [6.07, 6.45) is 3.06. The molecule has 12 nitrogen and oxygen atoms in total. The number of benzene rings is 1. The zero-order chi connectivity index (χ0) is 24.2. The fourth-order valence-corrected chi connectivity index (χ4v) is 4.44. The summed E-state index contributed by atoms with van der Waals surface area (Å²) in [5.41, 5.74) is 5.84. The van der Waals surface area contributed by atoms with Crippen molar-refractivity contribution < 1.29 is 19.0 Å². The Labute approximate surface area is 227 Å². The number of aromatic nitrogens is 2. The highest BCUT2D eigenvalue weighted by Crippen LogP contribution is 2.23. The highest BCUT2D eigenvalue weighted by molar-refractivity contribution is 5.93. The Balaban J connectivity index is 0.00000190. The van der Waals surface area contributed by atoms with E-state index in [-0.39, 0.29) is 36.7 Å². The first kappa shape index (κ1) is 28.5. The third-order valence-corrected chi connectivity index (χ3v) is 6.21. The van der Waals surface area contributed by atoms with Crippen molar-refractivity contribution in [3.8, 4) is 11.5 Å². The van der Waals surface area contributed by atoms with E-state index in [1.54, 1.807) is 7.11 Å². The number of rotatable bonds is 8. The molecule has 0 saturated carbocycles. The van der Waals surface area contributed by atoms with Crippen LogP contribution in [0, 0.1) is 0 Å². The molecule has 0 aliphatic carbocycles. The number of nitrogen functional groups attached to an aromatic ring is 1. The Kier molecular flexibility index (Phi) is 9.98. The van der Waals surface area contributed by atoms with E-state index in [9.17, 15) is 4.79 Å². The molecule has 1 amide bonds. The molecule has 1 unspecified atom stereocenters. The lowest BCUT2D eigenvalue weighted by Crippen LogP contribution is -2.53. The number of carbonyl (C=O) groups excluding carboxylic acids is 1. The molecule has 5 rings (SSSR count). The number of nitrogens with two attached hydrogens (primary N) is 1. The van der Waals surface area contributed by atoms with Crippen LogP contribution in [-0.4, -0.2) is 91.6 Å². The van der Waals surface area contributed by atoms with Crippen LogP contribution in [0.1, 0.15) is 16.8 Å². The number of carbonyl (C=O) groups is 1. The van der Waals surface area contributed by atoms with E-state index >= 15 is 0 Å². The zero-order valence-electron chi connectivity index (χ0n) is 20.5. The van der Waals surface area contributed by atoms with Crippen molar-refractivity contribution in [1.29, 1.82) is 0 Å². The number of fused-ring (bicyclic) bond motifs is 2. The van der Waals surface area contributed by atoms with Gasteiger partial charge in [-0.15, -0.1) is 24.8 Å². The number of halogens is 2. The summed E-state index contributed by atoms with van der Waals surface area (Å²) in [4.78, 5) is 29.9. The van der Waals surface area contributed by atoms with Crippen molar-refractivity contribution >= 4 is 42.5 Å². The lowest BCUT2D eigenvalue weighted by molar-refractivity contribution is 0.0357. The van der Waals surface area contributed by atoms with Crippen molar-refractivity contribution in [2.45, 2.75) is 12.7 Å². The van der Waals surface area contributed by atoms with E-state index in [2.05, 4.69) is 25.5 Å². The van der Waals surface area contributed by atoms with Crippen molar-refractivity contribution in [2.75, 3.05) is 65.4 Å². The van der Waals surface area contributed by atoms with Crippen molar-refractivity contribution in [3.05, 3.63) is 40.7 Å². The molecule has 14 heteroatoms. The van der Waals surface area contributed by atoms with E-state index < -0.39 is 6.29 Å². The van der Waals surface area contributed by atoms with E-state index in [1.165, 1.54) is 12.4 Å². The van der Waals surface area contributed by atoms with Gasteiger partial charge in [-0.2, -0.15) is 0 Å². The minimum atomic E-state index is -0.622. The molecule has 2 aromatic rings. The van der Waals surface area contributed by atoms with Gasteiger partial charge in [0.05, 0.1) is 32.5 Å². The summed E-state index contributed by atoms with van der Waals surface area (Å²) in [5, 5.41) is 7.90. The number of nitrogens with one attached hydrogen (secondary N) is 2. The number of anilines is 1. The molecule has 202 valence electrons. The second-order valence-corrected chi connectivity index (χ2v) is 8.42. The average Bonchev–Trinajstić information content (AvgIpc) is 3.38. The first-order valence-electron chi connectivity index (χ1n) is 11.7. The zero-order valence-corrected chi connectivity index (χ0v) is 22.1. The third kappa shape index (κ3) is 6.27. The summed E-state index contributed by atoms with van der Waals surface area (Å²) in [7, 11) is 1.60. The van der Waals surface area contributed by atoms with Gasteiger partial charge in [0.1, 0.15) is 11.2 Å². The Morgan fingerprint density at radius 3 is 2.70 bits per heavy atom. The monoisotopic (exact) mass is 554 g/mol. The second kappa shape index (κ2) is 13.0. The number of methoxy groups -OCH3 is 1. The molecule has 4 heterocycles. The Morgan fingerprint density at radius 1 is 1.22 bits per heavy atom. The topological polar surface area (TPSA) is 139 Å². The number of hydrogen-bond donors (Lipinski definition) is 3. The van der Waals surface area contributed by atoms with Crippen LogP contribution >= 0.6 is 24.8 Å². The number of ether oxygens (including phenoxy) is 3. The first-order valence-corrected chi connectivity index (χ1v) is 11.7. The summed E-state index contributed by atoms with van der Waals surface area (Å²) in [5.74, 6) is 1.83. The fourth-order valence-electron chi connectivity index (χ4n) is 4.44. The van der Waals surface area contributed by atoms with Gasteiger partial charge in [0.2, 0.25) is 12.2 Å². The SMILES string of the molecule is COc1c(OCCCN2CCOCC2)ccc2c1=NC(NC(=O)c1cnc(N)nc1)N1CCNC=21.Cl.Cl. The maximum atomic E-state index is 12.8. The molecule has 0 spiro atoms. The molecule has 3 aliphatic heterocycles. The quantitative estimate of drug-likeness (QED) is 0.360. The van der Waals surface area contributed by atoms with Gasteiger partial charge in [-0.05, 0) is 18.6 Å². The number of amides is 1. The van der Waals surface area contributed by atoms with Crippen molar-refractivity contribution in [3.63, 3.8) is 0 Å². The van der Waals surface area contributed by atoms with Crippen LogP contribution in [0.15, 0.2) is 29.5 Å². The number of nitrogens with zero attached hydrogens (tertiary/aromatic N) is 5. The van der Waals surface area contributed by atoms with Crippen LogP contribution in [0.2, 0.25) is 0 Å². The minimum absolute atomic E-state index is 0. The Morgan fingerprint density at radius 2 is 1.97 bits per heavy atom. The molecule has 2 saturated heterocycles. The maximum Gasteiger partial charge on any atom is 0.257 e. The predicted octanol–water partition coefficient (Wildman–Crippen LogP) is -0.670. The lowest BCUT2D eigenvalue weighted by atomic mass is 10.2. The second-order valence-electron chi connectivity index (χ2n) is 8.42. The van der Waals surface area contributed by atoms with Gasteiger partial charge in [0.25, 0.3) is 5.91 Å². The van der Waals surface area contributed by atoms with E-state index in [0.717, 1.165) is 56.9 Å².